The second-order valence-corrected chi connectivity index (χ2v) is 3.66. The Hall–Kier alpha value is 0.110. The molecule has 78 valence electrons. The highest BCUT2D eigenvalue weighted by Gasteiger charge is 1.97. The molecule has 0 rings (SSSR count). The molecule has 0 fully saturated rings. The van der Waals surface area contributed by atoms with E-state index in [0.29, 0.717) is 18.4 Å². The third-order valence-electron chi connectivity index (χ3n) is 1.82. The highest BCUT2D eigenvalue weighted by atomic mass is 79.9. The molecule has 0 spiro atoms. The van der Waals surface area contributed by atoms with Crippen molar-refractivity contribution in [3.63, 3.8) is 0 Å². The Morgan fingerprint density at radius 2 is 2.00 bits per heavy atom. The van der Waals surface area contributed by atoms with Gasteiger partial charge in [-0.1, -0.05) is 42.1 Å². The molecule has 0 bridgehead atoms. The van der Waals surface area contributed by atoms with Gasteiger partial charge in [0.15, 0.2) is 0 Å². The molecule has 0 aliphatic heterocycles. The normalized spacial score (nSPS) is 10.3. The van der Waals surface area contributed by atoms with Crippen molar-refractivity contribution in [2.45, 2.75) is 39.0 Å². The van der Waals surface area contributed by atoms with Crippen LogP contribution < -0.4 is 0 Å². The molecule has 0 N–H and O–H groups in total. The summed E-state index contributed by atoms with van der Waals surface area (Å²) < 4.78 is 5.31. The third-order valence-corrected chi connectivity index (χ3v) is 2.44. The van der Waals surface area contributed by atoms with Crippen LogP contribution in [0.3, 0.4) is 0 Å². The van der Waals surface area contributed by atoms with E-state index in [9.17, 15) is 4.79 Å². The Labute approximate surface area is 89.2 Å². The summed E-state index contributed by atoms with van der Waals surface area (Å²) in [4.78, 5) is 10.8. The van der Waals surface area contributed by atoms with Gasteiger partial charge in [-0.25, -0.2) is 0 Å². The molecule has 0 aromatic heterocycles. The molecule has 0 saturated carbocycles. The van der Waals surface area contributed by atoms with Gasteiger partial charge in [-0.15, -0.1) is 0 Å². The van der Waals surface area contributed by atoms with Crippen molar-refractivity contribution < 1.29 is 9.53 Å². The van der Waals surface area contributed by atoms with E-state index in [0.717, 1.165) is 13.0 Å². The van der Waals surface area contributed by atoms with E-state index in [4.69, 9.17) is 4.74 Å². The van der Waals surface area contributed by atoms with Crippen molar-refractivity contribution in [3.8, 4) is 0 Å². The number of unbranched alkanes of at least 4 members (excludes halogenated alkanes) is 3. The topological polar surface area (TPSA) is 26.3 Å². The summed E-state index contributed by atoms with van der Waals surface area (Å²) in [5.74, 6) is 0.216. The molecule has 0 aromatic rings. The van der Waals surface area contributed by atoms with E-state index >= 15 is 0 Å². The largest absolute Gasteiger partial charge is 0.381 e. The smallest absolute Gasteiger partial charge is 0.145 e. The number of alkyl halides is 1. The third kappa shape index (κ3) is 10.0. The van der Waals surface area contributed by atoms with Gasteiger partial charge in [-0.3, -0.25) is 4.79 Å². The molecule has 2 nitrogen and oxygen atoms in total. The van der Waals surface area contributed by atoms with Gasteiger partial charge in [0.2, 0.25) is 0 Å². The van der Waals surface area contributed by atoms with Crippen LogP contribution in [-0.2, 0) is 9.53 Å². The van der Waals surface area contributed by atoms with E-state index in [1.54, 1.807) is 0 Å². The molecule has 0 atom stereocenters. The highest BCUT2D eigenvalue weighted by molar-refractivity contribution is 9.09. The number of hydrogen-bond donors (Lipinski definition) is 0. The fourth-order valence-corrected chi connectivity index (χ4v) is 1.27. The Morgan fingerprint density at radius 3 is 2.62 bits per heavy atom. The Kier molecular flexibility index (Phi) is 10.3. The van der Waals surface area contributed by atoms with Crippen molar-refractivity contribution in [2.75, 3.05) is 18.5 Å². The highest BCUT2D eigenvalue weighted by Crippen LogP contribution is 1.99. The molecule has 0 saturated heterocycles. The monoisotopic (exact) mass is 250 g/mol. The summed E-state index contributed by atoms with van der Waals surface area (Å²) in [6.45, 7) is 3.57. The number of carbonyl (C=O) groups excluding carboxylic acids is 1. The maximum Gasteiger partial charge on any atom is 0.145 e. The first-order chi connectivity index (χ1) is 6.31. The van der Waals surface area contributed by atoms with Crippen LogP contribution in [-0.4, -0.2) is 24.3 Å². The molecule has 0 radical (unpaired) electrons. The summed E-state index contributed by atoms with van der Waals surface area (Å²) in [7, 11) is 0. The average Bonchev–Trinajstić information content (AvgIpc) is 2.16. The van der Waals surface area contributed by atoms with E-state index < -0.39 is 0 Å². The SMILES string of the molecule is CCCCCCOCCC(=O)CBr. The van der Waals surface area contributed by atoms with Gasteiger partial charge in [0.1, 0.15) is 5.78 Å². The van der Waals surface area contributed by atoms with Gasteiger partial charge < -0.3 is 4.74 Å². The molecular weight excluding hydrogens is 232 g/mol. The van der Waals surface area contributed by atoms with Gasteiger partial charge in [0, 0.05) is 13.0 Å². The number of rotatable bonds is 9. The van der Waals surface area contributed by atoms with Crippen molar-refractivity contribution in [1.82, 2.24) is 0 Å². The molecule has 13 heavy (non-hydrogen) atoms. The molecule has 0 aliphatic rings. The summed E-state index contributed by atoms with van der Waals surface area (Å²) >= 11 is 3.11. The van der Waals surface area contributed by atoms with E-state index in [-0.39, 0.29) is 5.78 Å². The minimum absolute atomic E-state index is 0.216. The first kappa shape index (κ1) is 13.1. The number of hydrogen-bond acceptors (Lipinski definition) is 2. The van der Waals surface area contributed by atoms with Crippen LogP contribution in [0.4, 0.5) is 0 Å². The van der Waals surface area contributed by atoms with Crippen molar-refractivity contribution in [1.29, 1.82) is 0 Å². The zero-order chi connectivity index (χ0) is 9.94. The van der Waals surface area contributed by atoms with Gasteiger partial charge in [-0.2, -0.15) is 0 Å². The Bertz CT molecular complexity index is 126. The van der Waals surface area contributed by atoms with Gasteiger partial charge in [-0.05, 0) is 6.42 Å². The number of ether oxygens (including phenoxy) is 1. The second-order valence-electron chi connectivity index (χ2n) is 3.10. The van der Waals surface area contributed by atoms with Crippen LogP contribution in [0, 0.1) is 0 Å². The summed E-state index contributed by atoms with van der Waals surface area (Å²) in [5.41, 5.74) is 0. The van der Waals surface area contributed by atoms with E-state index in [1.165, 1.54) is 19.3 Å². The first-order valence-electron chi connectivity index (χ1n) is 4.96. The molecule has 0 aromatic carbocycles. The average molecular weight is 251 g/mol. The lowest BCUT2D eigenvalue weighted by molar-refractivity contribution is -0.117. The lowest BCUT2D eigenvalue weighted by atomic mass is 10.2. The van der Waals surface area contributed by atoms with Crippen LogP contribution in [0.2, 0.25) is 0 Å². The first-order valence-corrected chi connectivity index (χ1v) is 6.08. The molecule has 3 heteroatoms. The van der Waals surface area contributed by atoms with Crippen molar-refractivity contribution in [2.24, 2.45) is 0 Å². The number of halogens is 1. The van der Waals surface area contributed by atoms with Crippen LogP contribution >= 0.6 is 15.9 Å². The number of Topliss-reactive ketones (excluding diaryl/α,β-unsaturated/α-hetero) is 1. The summed E-state index contributed by atoms with van der Waals surface area (Å²) in [6, 6.07) is 0. The molecule has 0 unspecified atom stereocenters. The van der Waals surface area contributed by atoms with Gasteiger partial charge in [0.05, 0.1) is 11.9 Å². The Morgan fingerprint density at radius 1 is 1.23 bits per heavy atom. The zero-order valence-electron chi connectivity index (χ0n) is 8.35. The fourth-order valence-electron chi connectivity index (χ4n) is 0.986. The zero-order valence-corrected chi connectivity index (χ0v) is 9.94. The van der Waals surface area contributed by atoms with Crippen molar-refractivity contribution in [3.05, 3.63) is 0 Å². The predicted molar refractivity (Wildman–Crippen MR) is 58.4 cm³/mol. The summed E-state index contributed by atoms with van der Waals surface area (Å²) in [5, 5.41) is 0.451. The molecule has 0 amide bonds. The maximum absolute atomic E-state index is 10.8. The van der Waals surface area contributed by atoms with Crippen molar-refractivity contribution >= 4 is 21.7 Å². The second kappa shape index (κ2) is 10.2. The minimum atomic E-state index is 0.216. The molecule has 0 heterocycles. The summed E-state index contributed by atoms with van der Waals surface area (Å²) in [6.07, 6.45) is 5.43. The minimum Gasteiger partial charge on any atom is -0.381 e. The fraction of sp³-hybridized carbons (Fsp3) is 0.900. The lowest BCUT2D eigenvalue weighted by Crippen LogP contribution is -2.05. The number of carbonyl (C=O) groups is 1. The molecule has 0 aliphatic carbocycles. The maximum atomic E-state index is 10.8. The van der Waals surface area contributed by atoms with Crippen LogP contribution in [0.15, 0.2) is 0 Å². The Balaban J connectivity index is 2.95. The van der Waals surface area contributed by atoms with Crippen LogP contribution in [0.5, 0.6) is 0 Å². The van der Waals surface area contributed by atoms with E-state index in [1.807, 2.05) is 0 Å². The van der Waals surface area contributed by atoms with Crippen LogP contribution in [0.1, 0.15) is 39.0 Å². The van der Waals surface area contributed by atoms with Crippen LogP contribution in [0.25, 0.3) is 0 Å². The standard InChI is InChI=1S/C10H19BrO2/c1-2-3-4-5-7-13-8-6-10(12)9-11/h2-9H2,1H3. The lowest BCUT2D eigenvalue weighted by Gasteiger charge is -2.02. The quantitative estimate of drug-likeness (QED) is 0.465. The number of ketones is 1. The predicted octanol–water partition coefficient (Wildman–Crippen LogP) is 2.94. The van der Waals surface area contributed by atoms with Gasteiger partial charge in [0.25, 0.3) is 0 Å². The molecular formula is C10H19BrO2. The van der Waals surface area contributed by atoms with E-state index in [2.05, 4.69) is 22.9 Å². The van der Waals surface area contributed by atoms with Gasteiger partial charge >= 0.3 is 0 Å².